The number of nitrogens with two attached hydrogens (primary N) is 1. The smallest absolute Gasteiger partial charge is 0.0184 e. The van der Waals surface area contributed by atoms with Crippen molar-refractivity contribution in [2.75, 3.05) is 0 Å². The summed E-state index contributed by atoms with van der Waals surface area (Å²) in [4.78, 5) is 1.34. The molecule has 0 bridgehead atoms. The number of benzene rings is 1. The Morgan fingerprint density at radius 3 is 2.60 bits per heavy atom. The minimum absolute atomic E-state index is 0.602. The summed E-state index contributed by atoms with van der Waals surface area (Å²) in [5.74, 6) is 0. The molecule has 0 spiro atoms. The van der Waals surface area contributed by atoms with Crippen LogP contribution in [0.15, 0.2) is 29.6 Å². The second-order valence-electron chi connectivity index (χ2n) is 3.81. The highest BCUT2D eigenvalue weighted by Gasteiger charge is 2.05. The molecule has 0 amide bonds. The standard InChI is InChI=1S/C13H15NS/c1-9-3-4-11(7-14)13(5-9)12-6-10(2)15-8-12/h3-6,8H,7,14H2,1-2H3. The van der Waals surface area contributed by atoms with Crippen LogP contribution in [0.1, 0.15) is 16.0 Å². The second-order valence-corrected chi connectivity index (χ2v) is 4.93. The van der Waals surface area contributed by atoms with Crippen LogP contribution in [0.2, 0.25) is 0 Å². The zero-order chi connectivity index (χ0) is 10.8. The molecule has 0 aliphatic heterocycles. The molecule has 2 aromatic rings. The Kier molecular flexibility index (Phi) is 2.89. The molecule has 1 heterocycles. The minimum atomic E-state index is 0.602. The lowest BCUT2D eigenvalue weighted by Gasteiger charge is -2.07. The average Bonchev–Trinajstić information content (AvgIpc) is 2.65. The quantitative estimate of drug-likeness (QED) is 0.818. The summed E-state index contributed by atoms with van der Waals surface area (Å²) in [5, 5.41) is 2.20. The largest absolute Gasteiger partial charge is 0.326 e. The van der Waals surface area contributed by atoms with Gasteiger partial charge in [-0.2, -0.15) is 0 Å². The van der Waals surface area contributed by atoms with E-state index in [-0.39, 0.29) is 0 Å². The van der Waals surface area contributed by atoms with Crippen LogP contribution in [0.5, 0.6) is 0 Å². The zero-order valence-electron chi connectivity index (χ0n) is 9.08. The first kappa shape index (κ1) is 10.4. The van der Waals surface area contributed by atoms with Crippen molar-refractivity contribution in [3.05, 3.63) is 45.6 Å². The summed E-state index contributed by atoms with van der Waals surface area (Å²) in [5.41, 5.74) is 10.8. The SMILES string of the molecule is Cc1ccc(CN)c(-c2csc(C)c2)c1. The molecule has 2 heteroatoms. The fourth-order valence-corrected chi connectivity index (χ4v) is 2.42. The van der Waals surface area contributed by atoms with Gasteiger partial charge in [0.15, 0.2) is 0 Å². The van der Waals surface area contributed by atoms with E-state index in [1.54, 1.807) is 11.3 Å². The summed E-state index contributed by atoms with van der Waals surface area (Å²) in [6.07, 6.45) is 0. The highest BCUT2D eigenvalue weighted by atomic mass is 32.1. The molecule has 0 saturated carbocycles. The summed E-state index contributed by atoms with van der Waals surface area (Å²) in [7, 11) is 0. The molecule has 1 aromatic heterocycles. The van der Waals surface area contributed by atoms with Gasteiger partial charge < -0.3 is 5.73 Å². The lowest BCUT2D eigenvalue weighted by molar-refractivity contribution is 1.07. The van der Waals surface area contributed by atoms with Crippen molar-refractivity contribution in [1.82, 2.24) is 0 Å². The molecule has 1 nitrogen and oxygen atoms in total. The first-order valence-electron chi connectivity index (χ1n) is 5.06. The lowest BCUT2D eigenvalue weighted by Crippen LogP contribution is -1.98. The lowest BCUT2D eigenvalue weighted by atomic mass is 9.99. The maximum Gasteiger partial charge on any atom is 0.0184 e. The summed E-state index contributed by atoms with van der Waals surface area (Å²) >= 11 is 1.78. The Hall–Kier alpha value is -1.12. The first-order valence-corrected chi connectivity index (χ1v) is 5.94. The van der Waals surface area contributed by atoms with Gasteiger partial charge in [0.2, 0.25) is 0 Å². The molecule has 2 N–H and O–H groups in total. The van der Waals surface area contributed by atoms with E-state index in [0.717, 1.165) is 0 Å². The highest BCUT2D eigenvalue weighted by Crippen LogP contribution is 2.28. The van der Waals surface area contributed by atoms with Crippen LogP contribution in [0, 0.1) is 13.8 Å². The highest BCUT2D eigenvalue weighted by molar-refractivity contribution is 7.10. The van der Waals surface area contributed by atoms with Crippen molar-refractivity contribution in [3.8, 4) is 11.1 Å². The van der Waals surface area contributed by atoms with Gasteiger partial charge in [0, 0.05) is 11.4 Å². The average molecular weight is 217 g/mol. The van der Waals surface area contributed by atoms with Gasteiger partial charge in [-0.15, -0.1) is 11.3 Å². The number of aryl methyl sites for hydroxylation is 2. The van der Waals surface area contributed by atoms with Gasteiger partial charge in [-0.3, -0.25) is 0 Å². The fourth-order valence-electron chi connectivity index (χ4n) is 1.72. The Balaban J connectivity index is 2.55. The molecule has 0 aliphatic rings. The van der Waals surface area contributed by atoms with Crippen molar-refractivity contribution in [2.45, 2.75) is 20.4 Å². The van der Waals surface area contributed by atoms with E-state index in [9.17, 15) is 0 Å². The molecule has 78 valence electrons. The third kappa shape index (κ3) is 2.11. The third-order valence-corrected chi connectivity index (χ3v) is 3.39. The topological polar surface area (TPSA) is 26.0 Å². The number of rotatable bonds is 2. The number of hydrogen-bond acceptors (Lipinski definition) is 2. The minimum Gasteiger partial charge on any atom is -0.326 e. The van der Waals surface area contributed by atoms with E-state index in [1.165, 1.54) is 27.1 Å². The van der Waals surface area contributed by atoms with E-state index in [0.29, 0.717) is 6.54 Å². The van der Waals surface area contributed by atoms with E-state index in [4.69, 9.17) is 5.73 Å². The van der Waals surface area contributed by atoms with E-state index >= 15 is 0 Å². The van der Waals surface area contributed by atoms with Gasteiger partial charge >= 0.3 is 0 Å². The summed E-state index contributed by atoms with van der Waals surface area (Å²) < 4.78 is 0. The second kappa shape index (κ2) is 4.17. The van der Waals surface area contributed by atoms with Gasteiger partial charge in [-0.25, -0.2) is 0 Å². The molecule has 2 rings (SSSR count). The van der Waals surface area contributed by atoms with Crippen LogP contribution in [0.4, 0.5) is 0 Å². The van der Waals surface area contributed by atoms with Crippen molar-refractivity contribution < 1.29 is 0 Å². The maximum atomic E-state index is 5.75. The molecule has 15 heavy (non-hydrogen) atoms. The van der Waals surface area contributed by atoms with E-state index in [2.05, 4.69) is 43.5 Å². The number of thiophene rings is 1. The Morgan fingerprint density at radius 2 is 2.00 bits per heavy atom. The monoisotopic (exact) mass is 217 g/mol. The normalized spacial score (nSPS) is 10.6. The van der Waals surface area contributed by atoms with Gasteiger partial charge in [0.1, 0.15) is 0 Å². The molecule has 0 fully saturated rings. The molecule has 0 radical (unpaired) electrons. The molecule has 0 saturated heterocycles. The zero-order valence-corrected chi connectivity index (χ0v) is 9.90. The molecular weight excluding hydrogens is 202 g/mol. The first-order chi connectivity index (χ1) is 7.20. The maximum absolute atomic E-state index is 5.75. The van der Waals surface area contributed by atoms with Crippen LogP contribution < -0.4 is 5.73 Å². The molecule has 0 aliphatic carbocycles. The van der Waals surface area contributed by atoms with Crippen LogP contribution >= 0.6 is 11.3 Å². The predicted molar refractivity (Wildman–Crippen MR) is 67.1 cm³/mol. The Morgan fingerprint density at radius 1 is 1.20 bits per heavy atom. The predicted octanol–water partition coefficient (Wildman–Crippen LogP) is 3.49. The van der Waals surface area contributed by atoms with Gasteiger partial charge in [-0.1, -0.05) is 23.8 Å². The van der Waals surface area contributed by atoms with Crippen molar-refractivity contribution in [3.63, 3.8) is 0 Å². The van der Waals surface area contributed by atoms with Crippen molar-refractivity contribution in [1.29, 1.82) is 0 Å². The molecule has 1 aromatic carbocycles. The van der Waals surface area contributed by atoms with E-state index in [1.807, 2.05) is 0 Å². The van der Waals surface area contributed by atoms with Gasteiger partial charge in [0.05, 0.1) is 0 Å². The third-order valence-electron chi connectivity index (χ3n) is 2.53. The Bertz CT molecular complexity index is 471. The summed E-state index contributed by atoms with van der Waals surface area (Å²) in [6, 6.07) is 8.67. The number of hydrogen-bond donors (Lipinski definition) is 1. The van der Waals surface area contributed by atoms with E-state index < -0.39 is 0 Å². The van der Waals surface area contributed by atoms with Gasteiger partial charge in [-0.05, 0) is 42.0 Å². The molecule has 0 atom stereocenters. The van der Waals surface area contributed by atoms with Gasteiger partial charge in [0.25, 0.3) is 0 Å². The van der Waals surface area contributed by atoms with Crippen molar-refractivity contribution in [2.24, 2.45) is 5.73 Å². The van der Waals surface area contributed by atoms with Crippen molar-refractivity contribution >= 4 is 11.3 Å². The Labute approximate surface area is 94.6 Å². The molecular formula is C13H15NS. The fraction of sp³-hybridized carbons (Fsp3) is 0.231. The van der Waals surface area contributed by atoms with Crippen LogP contribution in [-0.4, -0.2) is 0 Å². The van der Waals surface area contributed by atoms with Crippen LogP contribution in [0.3, 0.4) is 0 Å². The molecule has 0 unspecified atom stereocenters. The van der Waals surface area contributed by atoms with Crippen LogP contribution in [0.25, 0.3) is 11.1 Å². The summed E-state index contributed by atoms with van der Waals surface area (Å²) in [6.45, 7) is 4.85. The van der Waals surface area contributed by atoms with Crippen LogP contribution in [-0.2, 0) is 6.54 Å².